The standard InChI is InChI=1S/C30H30FN7O4/c1-19-9-10-33-30(35-19)42-25-8-5-20(16-24(25)31)23-18-34-29(32)37-28(23)22-7-6-21(17-26(22)40-2)36-27(39)4-3-11-38-12-14-41-15-13-38/h3-10,16-18H,11-15H2,1-2H3,(H,36,39)(H2,32,34,37)/b4-3+. The molecule has 3 N–H and O–H groups in total. The first-order valence-electron chi connectivity index (χ1n) is 13.3. The van der Waals surface area contributed by atoms with Crippen molar-refractivity contribution in [1.82, 2.24) is 24.8 Å². The minimum Gasteiger partial charge on any atom is -0.496 e. The number of hydrogen-bond acceptors (Lipinski definition) is 10. The van der Waals surface area contributed by atoms with Gasteiger partial charge in [0.25, 0.3) is 0 Å². The third kappa shape index (κ3) is 7.03. The van der Waals surface area contributed by atoms with Gasteiger partial charge in [0.2, 0.25) is 11.9 Å². The zero-order valence-corrected chi connectivity index (χ0v) is 23.2. The van der Waals surface area contributed by atoms with Crippen molar-refractivity contribution in [2.75, 3.05) is 51.0 Å². The van der Waals surface area contributed by atoms with E-state index >= 15 is 4.39 Å². The van der Waals surface area contributed by atoms with Crippen LogP contribution in [0.2, 0.25) is 0 Å². The summed E-state index contributed by atoms with van der Waals surface area (Å²) in [6, 6.07) is 11.4. The zero-order valence-electron chi connectivity index (χ0n) is 23.2. The summed E-state index contributed by atoms with van der Waals surface area (Å²) in [5, 5.41) is 2.85. The van der Waals surface area contributed by atoms with Crippen molar-refractivity contribution >= 4 is 17.5 Å². The van der Waals surface area contributed by atoms with E-state index in [2.05, 4.69) is 30.2 Å². The molecule has 0 aliphatic carbocycles. The molecule has 0 saturated carbocycles. The van der Waals surface area contributed by atoms with Gasteiger partial charge in [-0.2, -0.15) is 0 Å². The van der Waals surface area contributed by atoms with Crippen molar-refractivity contribution in [3.05, 3.63) is 78.5 Å². The number of halogens is 1. The van der Waals surface area contributed by atoms with Crippen molar-refractivity contribution in [2.24, 2.45) is 0 Å². The van der Waals surface area contributed by atoms with Crippen molar-refractivity contribution < 1.29 is 23.4 Å². The molecule has 0 spiro atoms. The molecule has 12 heteroatoms. The number of methoxy groups -OCH3 is 1. The first-order chi connectivity index (χ1) is 20.4. The average molecular weight is 572 g/mol. The molecule has 1 saturated heterocycles. The Hall–Kier alpha value is -4.94. The van der Waals surface area contributed by atoms with Gasteiger partial charge >= 0.3 is 6.01 Å². The molecule has 3 heterocycles. The molecule has 42 heavy (non-hydrogen) atoms. The number of aryl methyl sites for hydroxylation is 1. The van der Waals surface area contributed by atoms with Crippen LogP contribution in [-0.2, 0) is 9.53 Å². The van der Waals surface area contributed by atoms with Crippen LogP contribution in [0.15, 0.2) is 67.0 Å². The number of nitrogens with one attached hydrogen (secondary N) is 1. The molecule has 0 bridgehead atoms. The maximum Gasteiger partial charge on any atom is 0.322 e. The average Bonchev–Trinajstić information content (AvgIpc) is 2.99. The third-order valence-corrected chi connectivity index (χ3v) is 6.48. The molecule has 1 aliphatic rings. The molecule has 2 aromatic heterocycles. The van der Waals surface area contributed by atoms with Crippen LogP contribution in [-0.4, -0.2) is 70.7 Å². The fraction of sp³-hybridized carbons (Fsp3) is 0.233. The van der Waals surface area contributed by atoms with E-state index in [9.17, 15) is 4.79 Å². The largest absolute Gasteiger partial charge is 0.496 e. The van der Waals surface area contributed by atoms with Crippen molar-refractivity contribution in [1.29, 1.82) is 0 Å². The maximum absolute atomic E-state index is 15.1. The summed E-state index contributed by atoms with van der Waals surface area (Å²) in [6.07, 6.45) is 6.39. The van der Waals surface area contributed by atoms with E-state index in [1.807, 2.05) is 6.08 Å². The van der Waals surface area contributed by atoms with Crippen LogP contribution in [0.3, 0.4) is 0 Å². The van der Waals surface area contributed by atoms with Gasteiger partial charge in [0.05, 0.1) is 26.0 Å². The highest BCUT2D eigenvalue weighted by atomic mass is 19.1. The second-order valence-corrected chi connectivity index (χ2v) is 9.44. The van der Waals surface area contributed by atoms with Crippen molar-refractivity contribution in [3.8, 4) is 39.9 Å². The highest BCUT2D eigenvalue weighted by Crippen LogP contribution is 2.38. The van der Waals surface area contributed by atoms with Crippen LogP contribution < -0.4 is 20.5 Å². The molecule has 11 nitrogen and oxygen atoms in total. The van der Waals surface area contributed by atoms with Crippen LogP contribution in [0.4, 0.5) is 16.0 Å². The number of hydrogen-bond donors (Lipinski definition) is 2. The topological polar surface area (TPSA) is 138 Å². The minimum absolute atomic E-state index is 0.0288. The summed E-state index contributed by atoms with van der Waals surface area (Å²) in [7, 11) is 1.51. The van der Waals surface area contributed by atoms with Gasteiger partial charge < -0.3 is 25.3 Å². The summed E-state index contributed by atoms with van der Waals surface area (Å²) in [4.78, 5) is 31.4. The zero-order chi connectivity index (χ0) is 29.5. The van der Waals surface area contributed by atoms with E-state index in [-0.39, 0.29) is 23.6 Å². The lowest BCUT2D eigenvalue weighted by Crippen LogP contribution is -2.36. The second kappa shape index (κ2) is 13.1. The number of nitrogens with two attached hydrogens (primary N) is 1. The molecule has 0 unspecified atom stereocenters. The Labute approximate surface area is 242 Å². The number of carbonyl (C=O) groups excluding carboxylic acids is 1. The number of carbonyl (C=O) groups is 1. The number of nitrogens with zero attached hydrogens (tertiary/aromatic N) is 5. The second-order valence-electron chi connectivity index (χ2n) is 9.44. The van der Waals surface area contributed by atoms with Gasteiger partial charge in [-0.1, -0.05) is 12.1 Å². The van der Waals surface area contributed by atoms with Crippen molar-refractivity contribution in [3.63, 3.8) is 0 Å². The van der Waals surface area contributed by atoms with Crippen LogP contribution >= 0.6 is 0 Å². The van der Waals surface area contributed by atoms with Crippen LogP contribution in [0.5, 0.6) is 17.5 Å². The van der Waals surface area contributed by atoms with Crippen LogP contribution in [0, 0.1) is 12.7 Å². The number of morpholine rings is 1. The van der Waals surface area contributed by atoms with Gasteiger partial charge in [0.15, 0.2) is 11.6 Å². The SMILES string of the molecule is COc1cc(NC(=O)/C=C/CN2CCOCC2)ccc1-c1nc(N)ncc1-c1ccc(Oc2nccc(C)n2)c(F)c1. The molecular formula is C30H30FN7O4. The molecule has 5 rings (SSSR count). The van der Waals surface area contributed by atoms with E-state index in [0.717, 1.165) is 13.1 Å². The molecule has 0 radical (unpaired) electrons. The number of benzene rings is 2. The van der Waals surface area contributed by atoms with Gasteiger partial charge in [-0.15, -0.1) is 0 Å². The molecule has 1 fully saturated rings. The highest BCUT2D eigenvalue weighted by Gasteiger charge is 2.18. The quantitative estimate of drug-likeness (QED) is 0.280. The van der Waals surface area contributed by atoms with Gasteiger partial charge in [0, 0.05) is 66.7 Å². The predicted octanol–water partition coefficient (Wildman–Crippen LogP) is 4.26. The third-order valence-electron chi connectivity index (χ3n) is 6.48. The summed E-state index contributed by atoms with van der Waals surface area (Å²) in [5.74, 6) is -0.443. The molecule has 1 amide bonds. The summed E-state index contributed by atoms with van der Waals surface area (Å²) < 4.78 is 31.6. The molecule has 0 atom stereocenters. The predicted molar refractivity (Wildman–Crippen MR) is 156 cm³/mol. The van der Waals surface area contributed by atoms with Gasteiger partial charge in [-0.25, -0.2) is 24.3 Å². The summed E-state index contributed by atoms with van der Waals surface area (Å²) in [6.45, 7) is 5.54. The smallest absolute Gasteiger partial charge is 0.322 e. The summed E-state index contributed by atoms with van der Waals surface area (Å²) >= 11 is 0. The van der Waals surface area contributed by atoms with E-state index < -0.39 is 5.82 Å². The Morgan fingerprint density at radius 2 is 1.93 bits per heavy atom. The molecule has 2 aromatic carbocycles. The molecule has 216 valence electrons. The lowest BCUT2D eigenvalue weighted by atomic mass is 9.99. The number of ether oxygens (including phenoxy) is 3. The summed E-state index contributed by atoms with van der Waals surface area (Å²) in [5.41, 5.74) is 9.18. The Morgan fingerprint density at radius 1 is 1.10 bits per heavy atom. The van der Waals surface area contributed by atoms with Gasteiger partial charge in [-0.05, 0) is 42.8 Å². The van der Waals surface area contributed by atoms with Gasteiger partial charge in [0.1, 0.15) is 5.75 Å². The number of amides is 1. The van der Waals surface area contributed by atoms with E-state index in [0.29, 0.717) is 59.3 Å². The van der Waals surface area contributed by atoms with Gasteiger partial charge in [-0.3, -0.25) is 9.69 Å². The maximum atomic E-state index is 15.1. The highest BCUT2D eigenvalue weighted by molar-refractivity contribution is 5.99. The normalized spacial score (nSPS) is 13.7. The van der Waals surface area contributed by atoms with E-state index in [4.69, 9.17) is 19.9 Å². The monoisotopic (exact) mass is 571 g/mol. The van der Waals surface area contributed by atoms with Crippen LogP contribution in [0.1, 0.15) is 5.69 Å². The fourth-order valence-electron chi connectivity index (χ4n) is 4.38. The number of aromatic nitrogens is 4. The van der Waals surface area contributed by atoms with E-state index in [1.165, 1.54) is 37.7 Å². The molecule has 4 aromatic rings. The van der Waals surface area contributed by atoms with E-state index in [1.54, 1.807) is 37.3 Å². The fourth-order valence-corrected chi connectivity index (χ4v) is 4.38. The van der Waals surface area contributed by atoms with Crippen molar-refractivity contribution in [2.45, 2.75) is 6.92 Å². The molecule has 1 aliphatic heterocycles. The Balaban J connectivity index is 1.37. The number of rotatable bonds is 9. The number of anilines is 2. The minimum atomic E-state index is -0.618. The lowest BCUT2D eigenvalue weighted by molar-refractivity contribution is -0.111. The number of nitrogen functional groups attached to an aromatic ring is 1. The molecular weight excluding hydrogens is 541 g/mol. The Kier molecular flexibility index (Phi) is 8.95. The first kappa shape index (κ1) is 28.6. The Bertz CT molecular complexity index is 1610. The first-order valence-corrected chi connectivity index (χ1v) is 13.3. The lowest BCUT2D eigenvalue weighted by Gasteiger charge is -2.25. The Morgan fingerprint density at radius 3 is 2.69 bits per heavy atom. The van der Waals surface area contributed by atoms with Crippen LogP contribution in [0.25, 0.3) is 22.4 Å².